The van der Waals surface area contributed by atoms with Gasteiger partial charge in [-0.1, -0.05) is 20.3 Å². The zero-order valence-corrected chi connectivity index (χ0v) is 13.4. The van der Waals surface area contributed by atoms with Crippen molar-refractivity contribution < 1.29 is 0 Å². The van der Waals surface area contributed by atoms with Crippen LogP contribution in [0.1, 0.15) is 43.4 Å². The van der Waals surface area contributed by atoms with Crippen LogP contribution in [-0.2, 0) is 13.5 Å². The molecule has 0 fully saturated rings. The number of thiazole rings is 1. The average molecular weight is 304 g/mol. The molecule has 3 heterocycles. The molecule has 1 atom stereocenters. The molecule has 0 amide bonds. The summed E-state index contributed by atoms with van der Waals surface area (Å²) in [6.07, 6.45) is 4.71. The lowest BCUT2D eigenvalue weighted by molar-refractivity contribution is 0.569. The third-order valence-electron chi connectivity index (χ3n) is 3.69. The molecule has 2 N–H and O–H groups in total. The molecule has 3 aromatic heterocycles. The second-order valence-corrected chi connectivity index (χ2v) is 6.05. The van der Waals surface area contributed by atoms with E-state index in [4.69, 9.17) is 5.73 Å². The maximum absolute atomic E-state index is 6.20. The predicted molar refractivity (Wildman–Crippen MR) is 85.5 cm³/mol. The van der Waals surface area contributed by atoms with E-state index in [0.29, 0.717) is 5.95 Å². The Labute approximate surface area is 127 Å². The summed E-state index contributed by atoms with van der Waals surface area (Å²) in [5, 5.41) is 7.65. The van der Waals surface area contributed by atoms with Crippen LogP contribution in [0.15, 0.2) is 11.6 Å². The molecule has 0 aliphatic carbocycles. The number of hydrogen-bond donors (Lipinski definition) is 1. The minimum atomic E-state index is 0.111. The molecule has 0 aliphatic rings. The third kappa shape index (κ3) is 2.21. The van der Waals surface area contributed by atoms with Crippen LogP contribution >= 0.6 is 11.3 Å². The van der Waals surface area contributed by atoms with Gasteiger partial charge < -0.3 is 5.73 Å². The summed E-state index contributed by atoms with van der Waals surface area (Å²) in [5.41, 5.74) is 9.13. The van der Waals surface area contributed by atoms with E-state index in [0.717, 1.165) is 41.1 Å². The Kier molecular flexibility index (Phi) is 3.67. The number of nitrogen functional groups attached to an aromatic ring is 1. The second kappa shape index (κ2) is 5.48. The van der Waals surface area contributed by atoms with Crippen molar-refractivity contribution in [1.29, 1.82) is 0 Å². The Hall–Kier alpha value is -1.89. The summed E-state index contributed by atoms with van der Waals surface area (Å²) in [4.78, 5) is 9.01. The van der Waals surface area contributed by atoms with Crippen LogP contribution in [0.4, 0.5) is 5.95 Å². The van der Waals surface area contributed by atoms with Crippen LogP contribution in [0.2, 0.25) is 0 Å². The van der Waals surface area contributed by atoms with Crippen molar-refractivity contribution in [2.24, 2.45) is 7.05 Å². The summed E-state index contributed by atoms with van der Waals surface area (Å²) in [6, 6.07) is 0.111. The molecular formula is C14H20N6S. The summed E-state index contributed by atoms with van der Waals surface area (Å²) in [7, 11) is 1.95. The number of nitrogens with two attached hydrogens (primary N) is 1. The number of rotatable bonds is 5. The standard InChI is InChI=1S/C14H20N6S/c1-4-6-9-11-13(19(3)18-9)20(14(15)17-11)10(5-2)12-16-7-8-21-12/h7-8,10H,4-6H2,1-3H3,(H2,15,17). The van der Waals surface area contributed by atoms with E-state index in [1.54, 1.807) is 11.3 Å². The van der Waals surface area contributed by atoms with Gasteiger partial charge in [0.1, 0.15) is 10.5 Å². The molecule has 0 aliphatic heterocycles. The molecule has 0 spiro atoms. The van der Waals surface area contributed by atoms with Crippen molar-refractivity contribution in [3.63, 3.8) is 0 Å². The van der Waals surface area contributed by atoms with E-state index in [1.807, 2.05) is 23.3 Å². The van der Waals surface area contributed by atoms with E-state index in [-0.39, 0.29) is 6.04 Å². The maximum atomic E-state index is 6.20. The van der Waals surface area contributed by atoms with Crippen molar-refractivity contribution >= 4 is 28.4 Å². The number of anilines is 1. The summed E-state index contributed by atoms with van der Waals surface area (Å²) >= 11 is 1.65. The summed E-state index contributed by atoms with van der Waals surface area (Å²) < 4.78 is 3.96. The highest BCUT2D eigenvalue weighted by Crippen LogP contribution is 2.31. The lowest BCUT2D eigenvalue weighted by atomic mass is 10.2. The first-order chi connectivity index (χ1) is 10.2. The number of nitrogens with zero attached hydrogens (tertiary/aromatic N) is 5. The topological polar surface area (TPSA) is 74.6 Å². The van der Waals surface area contributed by atoms with Crippen molar-refractivity contribution in [3.8, 4) is 0 Å². The lowest BCUT2D eigenvalue weighted by Crippen LogP contribution is -2.14. The van der Waals surface area contributed by atoms with Gasteiger partial charge in [-0.15, -0.1) is 11.3 Å². The molecule has 6 nitrogen and oxygen atoms in total. The van der Waals surface area contributed by atoms with Gasteiger partial charge in [0.05, 0.1) is 11.7 Å². The van der Waals surface area contributed by atoms with Crippen LogP contribution in [-0.4, -0.2) is 24.3 Å². The molecule has 21 heavy (non-hydrogen) atoms. The molecular weight excluding hydrogens is 284 g/mol. The lowest BCUT2D eigenvalue weighted by Gasteiger charge is -2.16. The zero-order valence-electron chi connectivity index (χ0n) is 12.6. The van der Waals surface area contributed by atoms with E-state index in [9.17, 15) is 0 Å². The zero-order chi connectivity index (χ0) is 15.0. The van der Waals surface area contributed by atoms with Gasteiger partial charge >= 0.3 is 0 Å². The molecule has 0 bridgehead atoms. The molecule has 0 aromatic carbocycles. The minimum absolute atomic E-state index is 0.111. The predicted octanol–water partition coefficient (Wildman–Crippen LogP) is 2.76. The van der Waals surface area contributed by atoms with Crippen molar-refractivity contribution in [2.45, 2.75) is 39.2 Å². The highest BCUT2D eigenvalue weighted by molar-refractivity contribution is 7.09. The normalized spacial score (nSPS) is 13.1. The fourth-order valence-electron chi connectivity index (χ4n) is 2.80. The third-order valence-corrected chi connectivity index (χ3v) is 4.56. The van der Waals surface area contributed by atoms with E-state index >= 15 is 0 Å². The van der Waals surface area contributed by atoms with Gasteiger partial charge in [0, 0.05) is 18.6 Å². The fourth-order valence-corrected chi connectivity index (χ4v) is 3.61. The van der Waals surface area contributed by atoms with Crippen LogP contribution in [0.25, 0.3) is 11.2 Å². The van der Waals surface area contributed by atoms with Gasteiger partial charge in [-0.3, -0.25) is 9.25 Å². The summed E-state index contributed by atoms with van der Waals surface area (Å²) in [5.74, 6) is 0.539. The first-order valence-corrected chi connectivity index (χ1v) is 8.14. The van der Waals surface area contributed by atoms with Gasteiger partial charge in [-0.25, -0.2) is 9.97 Å². The molecule has 7 heteroatoms. The van der Waals surface area contributed by atoms with Crippen LogP contribution in [0.3, 0.4) is 0 Å². The molecule has 0 saturated heterocycles. The smallest absolute Gasteiger partial charge is 0.203 e. The minimum Gasteiger partial charge on any atom is -0.369 e. The van der Waals surface area contributed by atoms with Gasteiger partial charge in [-0.2, -0.15) is 5.10 Å². The molecule has 1 unspecified atom stereocenters. The van der Waals surface area contributed by atoms with Crippen LogP contribution in [0.5, 0.6) is 0 Å². The molecule has 3 rings (SSSR count). The number of hydrogen-bond acceptors (Lipinski definition) is 5. The highest BCUT2D eigenvalue weighted by Gasteiger charge is 2.24. The first-order valence-electron chi connectivity index (χ1n) is 7.26. The van der Waals surface area contributed by atoms with Gasteiger partial charge in [0.25, 0.3) is 0 Å². The number of aryl methyl sites for hydroxylation is 2. The SMILES string of the molecule is CCCc1nn(C)c2c1nc(N)n2C(CC)c1nccs1. The van der Waals surface area contributed by atoms with E-state index in [1.165, 1.54) is 0 Å². The second-order valence-electron chi connectivity index (χ2n) is 5.13. The molecule has 0 radical (unpaired) electrons. The Morgan fingerprint density at radius 1 is 1.38 bits per heavy atom. The number of fused-ring (bicyclic) bond motifs is 1. The Morgan fingerprint density at radius 2 is 2.19 bits per heavy atom. The van der Waals surface area contributed by atoms with E-state index < -0.39 is 0 Å². The number of imidazole rings is 1. The monoisotopic (exact) mass is 304 g/mol. The summed E-state index contributed by atoms with van der Waals surface area (Å²) in [6.45, 7) is 4.28. The number of aromatic nitrogens is 5. The van der Waals surface area contributed by atoms with Crippen LogP contribution in [0, 0.1) is 0 Å². The van der Waals surface area contributed by atoms with Crippen molar-refractivity contribution in [3.05, 3.63) is 22.3 Å². The van der Waals surface area contributed by atoms with E-state index in [2.05, 4.69) is 33.5 Å². The fraction of sp³-hybridized carbons (Fsp3) is 0.500. The average Bonchev–Trinajstić information content (AvgIpc) is 3.14. The molecule has 3 aromatic rings. The Bertz CT molecular complexity index is 739. The van der Waals surface area contributed by atoms with Crippen LogP contribution < -0.4 is 5.73 Å². The maximum Gasteiger partial charge on any atom is 0.203 e. The highest BCUT2D eigenvalue weighted by atomic mass is 32.1. The Balaban J connectivity index is 2.20. The quantitative estimate of drug-likeness (QED) is 0.786. The Morgan fingerprint density at radius 3 is 2.81 bits per heavy atom. The first kappa shape index (κ1) is 14.1. The molecule has 112 valence electrons. The van der Waals surface area contributed by atoms with Gasteiger partial charge in [-0.05, 0) is 12.8 Å². The largest absolute Gasteiger partial charge is 0.369 e. The van der Waals surface area contributed by atoms with Crippen molar-refractivity contribution in [2.75, 3.05) is 5.73 Å². The molecule has 0 saturated carbocycles. The van der Waals surface area contributed by atoms with Gasteiger partial charge in [0.2, 0.25) is 5.95 Å². The van der Waals surface area contributed by atoms with Gasteiger partial charge in [0.15, 0.2) is 5.65 Å². The van der Waals surface area contributed by atoms with Crippen molar-refractivity contribution in [1.82, 2.24) is 24.3 Å².